The number of hydrogen-bond donors (Lipinski definition) is 1. The van der Waals surface area contributed by atoms with Crippen LogP contribution < -0.4 is 14.8 Å². The van der Waals surface area contributed by atoms with Crippen LogP contribution in [0.5, 0.6) is 11.5 Å². The zero-order chi connectivity index (χ0) is 13.9. The molecule has 0 bridgehead atoms. The minimum atomic E-state index is 0.569. The predicted molar refractivity (Wildman–Crippen MR) is 79.4 cm³/mol. The van der Waals surface area contributed by atoms with E-state index in [2.05, 4.69) is 30.3 Å². The monoisotopic (exact) mass is 276 g/mol. The molecule has 0 radical (unpaired) electrons. The van der Waals surface area contributed by atoms with Crippen LogP contribution >= 0.6 is 0 Å². The van der Waals surface area contributed by atoms with Crippen LogP contribution in [0.4, 0.5) is 0 Å². The third-order valence-electron chi connectivity index (χ3n) is 4.22. The van der Waals surface area contributed by atoms with Crippen molar-refractivity contribution in [2.45, 2.75) is 38.4 Å². The van der Waals surface area contributed by atoms with Crippen LogP contribution in [-0.2, 0) is 6.54 Å². The van der Waals surface area contributed by atoms with Crippen molar-refractivity contribution in [2.75, 3.05) is 26.8 Å². The second kappa shape index (κ2) is 6.02. The molecule has 1 N–H and O–H groups in total. The first-order valence-corrected chi connectivity index (χ1v) is 7.56. The molecule has 4 nitrogen and oxygen atoms in total. The van der Waals surface area contributed by atoms with Crippen LogP contribution in [0.25, 0.3) is 0 Å². The lowest BCUT2D eigenvalue weighted by Gasteiger charge is -2.25. The Labute approximate surface area is 121 Å². The maximum absolute atomic E-state index is 5.73. The van der Waals surface area contributed by atoms with E-state index in [1.807, 2.05) is 12.1 Å². The summed E-state index contributed by atoms with van der Waals surface area (Å²) in [7, 11) is 2.23. The van der Waals surface area contributed by atoms with E-state index in [1.165, 1.54) is 18.4 Å². The fraction of sp³-hybridized carbons (Fsp3) is 0.625. The minimum absolute atomic E-state index is 0.569. The number of hydrogen-bond acceptors (Lipinski definition) is 4. The van der Waals surface area contributed by atoms with Gasteiger partial charge in [-0.3, -0.25) is 4.90 Å². The normalized spacial score (nSPS) is 19.1. The molecule has 1 aromatic carbocycles. The van der Waals surface area contributed by atoms with Crippen LogP contribution in [0.3, 0.4) is 0 Å². The number of nitrogens with zero attached hydrogens (tertiary/aromatic N) is 1. The molecule has 1 aliphatic heterocycles. The summed E-state index contributed by atoms with van der Waals surface area (Å²) >= 11 is 0. The molecular weight excluding hydrogens is 252 g/mol. The molecule has 1 aliphatic carbocycles. The van der Waals surface area contributed by atoms with E-state index < -0.39 is 0 Å². The number of ether oxygens (including phenoxy) is 2. The van der Waals surface area contributed by atoms with E-state index >= 15 is 0 Å². The topological polar surface area (TPSA) is 33.7 Å². The Morgan fingerprint density at radius 3 is 2.90 bits per heavy atom. The molecule has 1 aromatic rings. The third-order valence-corrected chi connectivity index (χ3v) is 4.22. The van der Waals surface area contributed by atoms with Crippen molar-refractivity contribution in [1.29, 1.82) is 0 Å². The van der Waals surface area contributed by atoms with Gasteiger partial charge in [-0.15, -0.1) is 0 Å². The zero-order valence-corrected chi connectivity index (χ0v) is 12.4. The first kappa shape index (κ1) is 13.7. The maximum Gasteiger partial charge on any atom is 0.165 e. The first-order valence-electron chi connectivity index (χ1n) is 7.56. The van der Waals surface area contributed by atoms with Crippen molar-refractivity contribution in [3.63, 3.8) is 0 Å². The maximum atomic E-state index is 5.73. The van der Waals surface area contributed by atoms with Gasteiger partial charge in [-0.1, -0.05) is 12.1 Å². The molecule has 110 valence electrons. The van der Waals surface area contributed by atoms with Gasteiger partial charge in [0.05, 0.1) is 0 Å². The van der Waals surface area contributed by atoms with Crippen molar-refractivity contribution < 1.29 is 9.47 Å². The molecule has 1 atom stereocenters. The van der Waals surface area contributed by atoms with E-state index in [0.29, 0.717) is 19.3 Å². The zero-order valence-electron chi connectivity index (χ0n) is 12.4. The fourth-order valence-corrected chi connectivity index (χ4v) is 2.67. The number of para-hydroxylation sites is 1. The summed E-state index contributed by atoms with van der Waals surface area (Å²) in [4.78, 5) is 2.48. The lowest BCUT2D eigenvalue weighted by Crippen LogP contribution is -2.39. The summed E-state index contributed by atoms with van der Waals surface area (Å²) in [5.41, 5.74) is 1.18. The SMILES string of the molecule is CC(CNCc1cccc2c1OCCO2)N(C)C1CC1. The van der Waals surface area contributed by atoms with Gasteiger partial charge in [-0.2, -0.15) is 0 Å². The Hall–Kier alpha value is -1.26. The Balaban J connectivity index is 1.53. The molecular formula is C16H24N2O2. The highest BCUT2D eigenvalue weighted by atomic mass is 16.6. The molecule has 1 fully saturated rings. The average molecular weight is 276 g/mol. The van der Waals surface area contributed by atoms with E-state index in [4.69, 9.17) is 9.47 Å². The van der Waals surface area contributed by atoms with Crippen molar-refractivity contribution in [3.05, 3.63) is 23.8 Å². The predicted octanol–water partition coefficient (Wildman–Crippen LogP) is 2.03. The van der Waals surface area contributed by atoms with E-state index in [1.54, 1.807) is 0 Å². The van der Waals surface area contributed by atoms with Crippen molar-refractivity contribution in [1.82, 2.24) is 10.2 Å². The summed E-state index contributed by atoms with van der Waals surface area (Å²) in [6, 6.07) is 7.49. The largest absolute Gasteiger partial charge is 0.486 e. The number of rotatable bonds is 6. The highest BCUT2D eigenvalue weighted by Crippen LogP contribution is 2.33. The standard InChI is InChI=1S/C16H24N2O2/c1-12(18(2)14-6-7-14)10-17-11-13-4-3-5-15-16(13)20-9-8-19-15/h3-5,12,14,17H,6-11H2,1-2H3. The molecule has 0 spiro atoms. The Bertz CT molecular complexity index is 460. The molecule has 4 heteroatoms. The molecule has 1 heterocycles. The van der Waals surface area contributed by atoms with Crippen LogP contribution in [0.15, 0.2) is 18.2 Å². The summed E-state index contributed by atoms with van der Waals surface area (Å²) in [5, 5.41) is 3.54. The van der Waals surface area contributed by atoms with Crippen LogP contribution in [0.2, 0.25) is 0 Å². The summed E-state index contributed by atoms with van der Waals surface area (Å²) in [6.45, 7) is 5.40. The van der Waals surface area contributed by atoms with Gasteiger partial charge >= 0.3 is 0 Å². The minimum Gasteiger partial charge on any atom is -0.486 e. The highest BCUT2D eigenvalue weighted by Gasteiger charge is 2.28. The van der Waals surface area contributed by atoms with Crippen molar-refractivity contribution in [2.24, 2.45) is 0 Å². The fourth-order valence-electron chi connectivity index (χ4n) is 2.67. The van der Waals surface area contributed by atoms with Crippen LogP contribution in [0.1, 0.15) is 25.3 Å². The molecule has 0 amide bonds. The van der Waals surface area contributed by atoms with Gasteiger partial charge in [0.2, 0.25) is 0 Å². The third kappa shape index (κ3) is 3.07. The van der Waals surface area contributed by atoms with E-state index in [9.17, 15) is 0 Å². The van der Waals surface area contributed by atoms with Gasteiger partial charge < -0.3 is 14.8 Å². The lowest BCUT2D eigenvalue weighted by atomic mass is 10.1. The molecule has 3 rings (SSSR count). The van der Waals surface area contributed by atoms with Crippen LogP contribution in [0, 0.1) is 0 Å². The molecule has 0 saturated heterocycles. The van der Waals surface area contributed by atoms with Crippen LogP contribution in [-0.4, -0.2) is 43.8 Å². The molecule has 1 saturated carbocycles. The number of nitrogens with one attached hydrogen (secondary N) is 1. The molecule has 20 heavy (non-hydrogen) atoms. The van der Waals surface area contributed by atoms with Crippen molar-refractivity contribution >= 4 is 0 Å². The molecule has 0 aromatic heterocycles. The van der Waals surface area contributed by atoms with Gasteiger partial charge in [0.25, 0.3) is 0 Å². The quantitative estimate of drug-likeness (QED) is 0.862. The summed E-state index contributed by atoms with van der Waals surface area (Å²) < 4.78 is 11.3. The summed E-state index contributed by atoms with van der Waals surface area (Å²) in [5.74, 6) is 1.79. The highest BCUT2D eigenvalue weighted by molar-refractivity contribution is 5.47. The van der Waals surface area contributed by atoms with Gasteiger partial charge in [0.15, 0.2) is 11.5 Å². The Kier molecular flexibility index (Phi) is 4.13. The second-order valence-electron chi connectivity index (χ2n) is 5.82. The Morgan fingerprint density at radius 2 is 2.10 bits per heavy atom. The molecule has 1 unspecified atom stereocenters. The van der Waals surface area contributed by atoms with Gasteiger partial charge in [0.1, 0.15) is 13.2 Å². The van der Waals surface area contributed by atoms with Gasteiger partial charge in [-0.05, 0) is 32.9 Å². The second-order valence-corrected chi connectivity index (χ2v) is 5.82. The number of benzene rings is 1. The number of likely N-dealkylation sites (N-methyl/N-ethyl adjacent to an activating group) is 1. The number of fused-ring (bicyclic) bond motifs is 1. The van der Waals surface area contributed by atoms with E-state index in [-0.39, 0.29) is 0 Å². The average Bonchev–Trinajstić information content (AvgIpc) is 3.31. The van der Waals surface area contributed by atoms with Crippen molar-refractivity contribution in [3.8, 4) is 11.5 Å². The van der Waals surface area contributed by atoms with E-state index in [0.717, 1.165) is 30.6 Å². The summed E-state index contributed by atoms with van der Waals surface area (Å²) in [6.07, 6.45) is 2.72. The first-order chi connectivity index (χ1) is 9.75. The van der Waals surface area contributed by atoms with Gasteiger partial charge in [0, 0.05) is 30.7 Å². The molecule has 2 aliphatic rings. The lowest BCUT2D eigenvalue weighted by molar-refractivity contribution is 0.169. The Morgan fingerprint density at radius 1 is 1.30 bits per heavy atom. The smallest absolute Gasteiger partial charge is 0.165 e. The van der Waals surface area contributed by atoms with Gasteiger partial charge in [-0.25, -0.2) is 0 Å².